The molecule has 102 valence electrons. The van der Waals surface area contributed by atoms with Gasteiger partial charge in [0, 0.05) is 17.3 Å². The van der Waals surface area contributed by atoms with Crippen LogP contribution in [0.1, 0.15) is 11.4 Å². The van der Waals surface area contributed by atoms with Crippen molar-refractivity contribution >= 4 is 21.9 Å². The van der Waals surface area contributed by atoms with Gasteiger partial charge in [0.2, 0.25) is 0 Å². The zero-order valence-corrected chi connectivity index (χ0v) is 11.9. The summed E-state index contributed by atoms with van der Waals surface area (Å²) in [6.07, 6.45) is 1.87. The number of nitrogens with zero attached hydrogens (tertiary/aromatic N) is 4. The van der Waals surface area contributed by atoms with E-state index in [1.165, 1.54) is 0 Å². The Morgan fingerprint density at radius 2 is 1.76 bits per heavy atom. The van der Waals surface area contributed by atoms with Crippen molar-refractivity contribution in [3.63, 3.8) is 0 Å². The maximum absolute atomic E-state index is 4.68. The van der Waals surface area contributed by atoms with Crippen molar-refractivity contribution in [1.29, 1.82) is 0 Å². The minimum absolute atomic E-state index is 0.851. The van der Waals surface area contributed by atoms with Crippen molar-refractivity contribution in [2.45, 2.75) is 13.8 Å². The summed E-state index contributed by atoms with van der Waals surface area (Å²) in [7, 11) is 0. The molecule has 0 saturated carbocycles. The van der Waals surface area contributed by atoms with Gasteiger partial charge < -0.3 is 0 Å². The van der Waals surface area contributed by atoms with Gasteiger partial charge in [-0.05, 0) is 38.1 Å². The van der Waals surface area contributed by atoms with Crippen LogP contribution in [0.15, 0.2) is 48.7 Å². The number of hydrogen-bond donors (Lipinski definition) is 0. The topological polar surface area (TPSA) is 43.6 Å². The number of aromatic nitrogens is 4. The minimum Gasteiger partial charge on any atom is -0.252 e. The zero-order valence-electron chi connectivity index (χ0n) is 11.9. The third-order valence-corrected chi connectivity index (χ3v) is 3.67. The molecule has 0 unspecified atom stereocenters. The molecule has 4 heteroatoms. The van der Waals surface area contributed by atoms with E-state index in [0.717, 1.165) is 39.0 Å². The molecular formula is C17H14N4. The number of benzene rings is 1. The van der Waals surface area contributed by atoms with E-state index < -0.39 is 0 Å². The van der Waals surface area contributed by atoms with Gasteiger partial charge in [-0.3, -0.25) is 4.98 Å². The van der Waals surface area contributed by atoms with E-state index in [-0.39, 0.29) is 0 Å². The molecule has 0 spiro atoms. The second-order valence-electron chi connectivity index (χ2n) is 5.18. The highest BCUT2D eigenvalue weighted by Gasteiger charge is 2.14. The first-order valence-electron chi connectivity index (χ1n) is 6.91. The van der Waals surface area contributed by atoms with Gasteiger partial charge >= 0.3 is 0 Å². The van der Waals surface area contributed by atoms with Crippen molar-refractivity contribution in [3.05, 3.63) is 60.0 Å². The van der Waals surface area contributed by atoms with Gasteiger partial charge in [0.05, 0.1) is 22.3 Å². The fourth-order valence-corrected chi connectivity index (χ4v) is 2.66. The van der Waals surface area contributed by atoms with Crippen LogP contribution in [0.3, 0.4) is 0 Å². The minimum atomic E-state index is 0.851. The molecule has 0 aliphatic heterocycles. The van der Waals surface area contributed by atoms with E-state index in [0.29, 0.717) is 0 Å². The largest absolute Gasteiger partial charge is 0.252 e. The highest BCUT2D eigenvalue weighted by Crippen LogP contribution is 2.26. The van der Waals surface area contributed by atoms with E-state index >= 15 is 0 Å². The average Bonchev–Trinajstić information content (AvgIpc) is 2.85. The quantitative estimate of drug-likeness (QED) is 0.533. The normalized spacial score (nSPS) is 11.3. The van der Waals surface area contributed by atoms with Gasteiger partial charge in [-0.1, -0.05) is 18.2 Å². The van der Waals surface area contributed by atoms with Crippen LogP contribution in [0.2, 0.25) is 0 Å². The van der Waals surface area contributed by atoms with E-state index in [9.17, 15) is 0 Å². The van der Waals surface area contributed by atoms with Crippen LogP contribution in [-0.4, -0.2) is 19.7 Å². The van der Waals surface area contributed by atoms with Crippen molar-refractivity contribution in [2.75, 3.05) is 0 Å². The first kappa shape index (κ1) is 12.0. The molecule has 0 radical (unpaired) electrons. The van der Waals surface area contributed by atoms with Crippen LogP contribution >= 0.6 is 0 Å². The number of aryl methyl sites for hydroxylation is 2. The Kier molecular flexibility index (Phi) is 2.51. The second-order valence-corrected chi connectivity index (χ2v) is 5.18. The Morgan fingerprint density at radius 3 is 2.57 bits per heavy atom. The predicted octanol–water partition coefficient (Wildman–Crippen LogP) is 3.59. The molecule has 21 heavy (non-hydrogen) atoms. The summed E-state index contributed by atoms with van der Waals surface area (Å²) < 4.78 is 1.88. The van der Waals surface area contributed by atoms with Gasteiger partial charge in [0.15, 0.2) is 5.65 Å². The van der Waals surface area contributed by atoms with E-state index in [1.807, 2.05) is 61.1 Å². The summed E-state index contributed by atoms with van der Waals surface area (Å²) in [6, 6.07) is 14.1. The molecule has 3 aromatic heterocycles. The summed E-state index contributed by atoms with van der Waals surface area (Å²) >= 11 is 0. The molecule has 4 nitrogen and oxygen atoms in total. The molecule has 0 saturated heterocycles. The summed E-state index contributed by atoms with van der Waals surface area (Å²) in [5.41, 5.74) is 4.78. The van der Waals surface area contributed by atoms with Crippen molar-refractivity contribution < 1.29 is 0 Å². The molecule has 0 amide bonds. The standard InChI is InChI=1S/C17H14N4/c1-11-8-9-13-10-18-17-15(16(13)19-11)12(2)20-21(17)14-6-4-3-5-7-14/h3-10H,1-2H3. The SMILES string of the molecule is Cc1ccc2cnc3c(c(C)nn3-c3ccccc3)c2n1. The van der Waals surface area contributed by atoms with Gasteiger partial charge in [-0.15, -0.1) is 0 Å². The molecule has 0 fully saturated rings. The summed E-state index contributed by atoms with van der Waals surface area (Å²) in [6.45, 7) is 4.01. The van der Waals surface area contributed by atoms with E-state index in [1.54, 1.807) is 0 Å². The van der Waals surface area contributed by atoms with Gasteiger partial charge in [-0.25, -0.2) is 9.67 Å². The number of hydrogen-bond acceptors (Lipinski definition) is 3. The highest BCUT2D eigenvalue weighted by molar-refractivity contribution is 6.03. The molecule has 3 heterocycles. The Bertz CT molecular complexity index is 955. The number of fused-ring (bicyclic) bond motifs is 3. The Morgan fingerprint density at radius 1 is 0.952 bits per heavy atom. The first-order chi connectivity index (χ1) is 10.2. The summed E-state index contributed by atoms with van der Waals surface area (Å²) in [4.78, 5) is 9.27. The Balaban J connectivity index is 2.13. The van der Waals surface area contributed by atoms with E-state index in [4.69, 9.17) is 0 Å². The van der Waals surface area contributed by atoms with Crippen LogP contribution in [-0.2, 0) is 0 Å². The molecule has 0 bridgehead atoms. The van der Waals surface area contributed by atoms with Crippen LogP contribution in [0.25, 0.3) is 27.6 Å². The summed E-state index contributed by atoms with van der Waals surface area (Å²) in [5.74, 6) is 0. The highest BCUT2D eigenvalue weighted by atomic mass is 15.3. The monoisotopic (exact) mass is 274 g/mol. The molecule has 1 aromatic carbocycles. The van der Waals surface area contributed by atoms with Gasteiger partial charge in [-0.2, -0.15) is 5.10 Å². The Labute approximate surface area is 122 Å². The van der Waals surface area contributed by atoms with Crippen LogP contribution < -0.4 is 0 Å². The number of pyridine rings is 2. The molecule has 0 aliphatic carbocycles. The molecular weight excluding hydrogens is 260 g/mol. The van der Waals surface area contributed by atoms with Crippen LogP contribution in [0.4, 0.5) is 0 Å². The Hall–Kier alpha value is -2.75. The molecule has 0 atom stereocenters. The van der Waals surface area contributed by atoms with Crippen LogP contribution in [0, 0.1) is 13.8 Å². The molecule has 0 aliphatic rings. The average molecular weight is 274 g/mol. The molecule has 4 aromatic rings. The van der Waals surface area contributed by atoms with E-state index in [2.05, 4.69) is 21.1 Å². The predicted molar refractivity (Wildman–Crippen MR) is 83.6 cm³/mol. The maximum Gasteiger partial charge on any atom is 0.165 e. The van der Waals surface area contributed by atoms with Crippen molar-refractivity contribution in [1.82, 2.24) is 19.7 Å². The van der Waals surface area contributed by atoms with Crippen LogP contribution in [0.5, 0.6) is 0 Å². The lowest BCUT2D eigenvalue weighted by Crippen LogP contribution is -1.97. The van der Waals surface area contributed by atoms with Crippen molar-refractivity contribution in [2.24, 2.45) is 0 Å². The number of para-hydroxylation sites is 1. The first-order valence-corrected chi connectivity index (χ1v) is 6.91. The molecule has 0 N–H and O–H groups in total. The summed E-state index contributed by atoms with van der Waals surface area (Å²) in [5, 5.41) is 6.73. The number of rotatable bonds is 1. The lowest BCUT2D eigenvalue weighted by molar-refractivity contribution is 0.878. The zero-order chi connectivity index (χ0) is 14.4. The fourth-order valence-electron chi connectivity index (χ4n) is 2.66. The lowest BCUT2D eigenvalue weighted by atomic mass is 10.2. The van der Waals surface area contributed by atoms with Gasteiger partial charge in [0.25, 0.3) is 0 Å². The van der Waals surface area contributed by atoms with Gasteiger partial charge in [0.1, 0.15) is 0 Å². The third-order valence-electron chi connectivity index (χ3n) is 3.67. The third kappa shape index (κ3) is 1.80. The fraction of sp³-hybridized carbons (Fsp3) is 0.118. The second kappa shape index (κ2) is 4.38. The van der Waals surface area contributed by atoms with Crippen molar-refractivity contribution in [3.8, 4) is 5.69 Å². The maximum atomic E-state index is 4.68. The lowest BCUT2D eigenvalue weighted by Gasteiger charge is -2.03. The molecule has 4 rings (SSSR count). The smallest absolute Gasteiger partial charge is 0.165 e.